The third-order valence-electron chi connectivity index (χ3n) is 2.39. The molecule has 2 aromatic rings. The molecule has 17 heavy (non-hydrogen) atoms. The Morgan fingerprint density at radius 3 is 2.88 bits per heavy atom. The molecule has 2 nitrogen and oxygen atoms in total. The third-order valence-corrected chi connectivity index (χ3v) is 2.87. The fraction of sp³-hybridized carbons (Fsp3) is 0.154. The van der Waals surface area contributed by atoms with Crippen LogP contribution in [0.15, 0.2) is 30.3 Å². The molecule has 88 valence electrons. The fourth-order valence-electron chi connectivity index (χ4n) is 1.56. The van der Waals surface area contributed by atoms with Crippen LogP contribution in [0, 0.1) is 0 Å². The van der Waals surface area contributed by atoms with Gasteiger partial charge >= 0.3 is 0 Å². The van der Waals surface area contributed by atoms with Crippen LogP contribution in [0.5, 0.6) is 5.75 Å². The van der Waals surface area contributed by atoms with Crippen molar-refractivity contribution in [2.45, 2.75) is 0 Å². The summed E-state index contributed by atoms with van der Waals surface area (Å²) in [5, 5.41) is 1.46. The van der Waals surface area contributed by atoms with Crippen molar-refractivity contribution in [3.05, 3.63) is 41.1 Å². The maximum absolute atomic E-state index is 6.08. The molecule has 0 bridgehead atoms. The van der Waals surface area contributed by atoms with Gasteiger partial charge in [-0.2, -0.15) is 0 Å². The highest BCUT2D eigenvalue weighted by Gasteiger charge is 2.03. The number of benzene rings is 1. The Morgan fingerprint density at radius 2 is 2.18 bits per heavy atom. The van der Waals surface area contributed by atoms with E-state index in [2.05, 4.69) is 4.98 Å². The number of aromatic nitrogens is 1. The number of pyridine rings is 1. The first kappa shape index (κ1) is 12.2. The molecule has 0 radical (unpaired) electrons. The van der Waals surface area contributed by atoms with Gasteiger partial charge in [0.25, 0.3) is 0 Å². The Kier molecular flexibility index (Phi) is 3.87. The van der Waals surface area contributed by atoms with E-state index in [0.29, 0.717) is 11.0 Å². The number of hydrogen-bond donors (Lipinski definition) is 0. The lowest BCUT2D eigenvalue weighted by molar-refractivity contribution is 0.415. The van der Waals surface area contributed by atoms with Gasteiger partial charge < -0.3 is 4.74 Å². The Labute approximate surface area is 110 Å². The lowest BCUT2D eigenvalue weighted by Crippen LogP contribution is -1.87. The lowest BCUT2D eigenvalue weighted by atomic mass is 10.1. The molecule has 0 saturated heterocycles. The van der Waals surface area contributed by atoms with E-state index in [-0.39, 0.29) is 0 Å². The van der Waals surface area contributed by atoms with Crippen LogP contribution >= 0.6 is 23.2 Å². The van der Waals surface area contributed by atoms with Gasteiger partial charge in [-0.25, -0.2) is 4.98 Å². The number of rotatable bonds is 3. The second kappa shape index (κ2) is 5.39. The summed E-state index contributed by atoms with van der Waals surface area (Å²) < 4.78 is 5.17. The molecular weight excluding hydrogens is 257 g/mol. The number of allylic oxidation sites excluding steroid dienone is 1. The summed E-state index contributed by atoms with van der Waals surface area (Å²) in [6, 6.07) is 7.64. The van der Waals surface area contributed by atoms with E-state index in [4.69, 9.17) is 27.9 Å². The first-order valence-corrected chi connectivity index (χ1v) is 6.02. The van der Waals surface area contributed by atoms with Gasteiger partial charge in [0.15, 0.2) is 0 Å². The molecule has 0 fully saturated rings. The van der Waals surface area contributed by atoms with Crippen LogP contribution in [0.25, 0.3) is 17.0 Å². The molecule has 0 unspecified atom stereocenters. The van der Waals surface area contributed by atoms with Crippen molar-refractivity contribution >= 4 is 40.2 Å². The number of methoxy groups -OCH3 is 1. The van der Waals surface area contributed by atoms with E-state index in [1.807, 2.05) is 36.4 Å². The minimum atomic E-state index is 0.451. The lowest BCUT2D eigenvalue weighted by Gasteiger charge is -2.04. The van der Waals surface area contributed by atoms with Crippen LogP contribution in [0.1, 0.15) is 5.56 Å². The molecule has 0 spiro atoms. The van der Waals surface area contributed by atoms with Crippen LogP contribution in [0.4, 0.5) is 0 Å². The van der Waals surface area contributed by atoms with Crippen molar-refractivity contribution < 1.29 is 4.74 Å². The highest BCUT2D eigenvalue weighted by molar-refractivity contribution is 6.31. The van der Waals surface area contributed by atoms with Gasteiger partial charge in [0.2, 0.25) is 0 Å². The van der Waals surface area contributed by atoms with Crippen LogP contribution in [0.2, 0.25) is 5.15 Å². The van der Waals surface area contributed by atoms with Crippen molar-refractivity contribution in [1.29, 1.82) is 0 Å². The topological polar surface area (TPSA) is 22.1 Å². The van der Waals surface area contributed by atoms with Crippen molar-refractivity contribution in [3.63, 3.8) is 0 Å². The molecule has 0 atom stereocenters. The summed E-state index contributed by atoms with van der Waals surface area (Å²) >= 11 is 11.7. The van der Waals surface area contributed by atoms with E-state index in [9.17, 15) is 0 Å². The average Bonchev–Trinajstić information content (AvgIpc) is 2.35. The normalized spacial score (nSPS) is 11.2. The van der Waals surface area contributed by atoms with E-state index in [0.717, 1.165) is 22.2 Å². The van der Waals surface area contributed by atoms with E-state index in [1.54, 1.807) is 7.11 Å². The second-order valence-corrected chi connectivity index (χ2v) is 4.15. The zero-order valence-corrected chi connectivity index (χ0v) is 10.8. The summed E-state index contributed by atoms with van der Waals surface area (Å²) in [6.45, 7) is 0. The predicted molar refractivity (Wildman–Crippen MR) is 73.1 cm³/mol. The number of nitrogens with zero attached hydrogens (tertiary/aromatic N) is 1. The molecule has 0 saturated carbocycles. The highest BCUT2D eigenvalue weighted by atomic mass is 35.5. The minimum absolute atomic E-state index is 0.451. The predicted octanol–water partition coefficient (Wildman–Crippen LogP) is 4.15. The van der Waals surface area contributed by atoms with Gasteiger partial charge in [0.05, 0.1) is 12.6 Å². The molecule has 0 aliphatic heterocycles. The van der Waals surface area contributed by atoms with Gasteiger partial charge in [0, 0.05) is 16.8 Å². The summed E-state index contributed by atoms with van der Waals surface area (Å²) in [6.07, 6.45) is 3.69. The van der Waals surface area contributed by atoms with Crippen molar-refractivity contribution in [2.24, 2.45) is 0 Å². The van der Waals surface area contributed by atoms with Crippen LogP contribution < -0.4 is 4.74 Å². The van der Waals surface area contributed by atoms with Gasteiger partial charge in [-0.3, -0.25) is 0 Å². The van der Waals surface area contributed by atoms with Gasteiger partial charge in [-0.05, 0) is 24.3 Å². The molecule has 0 N–H and O–H groups in total. The standard InChI is InChI=1S/C13H11Cl2NO/c1-17-11-4-5-12-10(8-11)7-9(3-2-6-14)13(15)16-12/h2-5,7-8H,6H2,1H3. The average molecular weight is 268 g/mol. The Morgan fingerprint density at radius 1 is 1.35 bits per heavy atom. The molecule has 0 aliphatic carbocycles. The maximum atomic E-state index is 6.08. The smallest absolute Gasteiger partial charge is 0.136 e. The van der Waals surface area contributed by atoms with Crippen LogP contribution in [-0.2, 0) is 0 Å². The molecule has 2 rings (SSSR count). The minimum Gasteiger partial charge on any atom is -0.497 e. The number of alkyl halides is 1. The molecule has 0 amide bonds. The molecule has 4 heteroatoms. The van der Waals surface area contributed by atoms with Gasteiger partial charge in [-0.15, -0.1) is 11.6 Å². The molecule has 1 aromatic carbocycles. The summed E-state index contributed by atoms with van der Waals surface area (Å²) in [5.74, 6) is 1.25. The Balaban J connectivity index is 2.56. The Hall–Kier alpha value is -1.25. The number of fused-ring (bicyclic) bond motifs is 1. The summed E-state index contributed by atoms with van der Waals surface area (Å²) in [4.78, 5) is 4.32. The first-order chi connectivity index (χ1) is 8.24. The van der Waals surface area contributed by atoms with E-state index < -0.39 is 0 Å². The first-order valence-electron chi connectivity index (χ1n) is 5.11. The van der Waals surface area contributed by atoms with Crippen LogP contribution in [-0.4, -0.2) is 18.0 Å². The zero-order valence-electron chi connectivity index (χ0n) is 9.28. The maximum Gasteiger partial charge on any atom is 0.136 e. The molecular formula is C13H11Cl2NO. The number of halogens is 2. The van der Waals surface area contributed by atoms with Crippen molar-refractivity contribution in [3.8, 4) is 5.75 Å². The van der Waals surface area contributed by atoms with Gasteiger partial charge in [0.1, 0.15) is 10.9 Å². The van der Waals surface area contributed by atoms with Crippen molar-refractivity contribution in [1.82, 2.24) is 4.98 Å². The Bertz CT molecular complexity index is 567. The molecule has 1 heterocycles. The largest absolute Gasteiger partial charge is 0.497 e. The van der Waals surface area contributed by atoms with E-state index >= 15 is 0 Å². The molecule has 0 aliphatic rings. The van der Waals surface area contributed by atoms with E-state index in [1.165, 1.54) is 0 Å². The SMILES string of the molecule is COc1ccc2nc(Cl)c(C=CCCl)cc2c1. The summed E-state index contributed by atoms with van der Waals surface area (Å²) in [5.41, 5.74) is 1.70. The van der Waals surface area contributed by atoms with Gasteiger partial charge in [-0.1, -0.05) is 23.8 Å². The summed E-state index contributed by atoms with van der Waals surface area (Å²) in [7, 11) is 1.64. The molecule has 1 aromatic heterocycles. The quantitative estimate of drug-likeness (QED) is 0.616. The van der Waals surface area contributed by atoms with Crippen LogP contribution in [0.3, 0.4) is 0 Å². The zero-order chi connectivity index (χ0) is 12.3. The number of ether oxygens (including phenoxy) is 1. The monoisotopic (exact) mass is 267 g/mol. The fourth-order valence-corrected chi connectivity index (χ4v) is 1.86. The van der Waals surface area contributed by atoms with Crippen molar-refractivity contribution in [2.75, 3.05) is 13.0 Å². The highest BCUT2D eigenvalue weighted by Crippen LogP contribution is 2.25. The third kappa shape index (κ3) is 2.71. The second-order valence-electron chi connectivity index (χ2n) is 3.48. The number of hydrogen-bond acceptors (Lipinski definition) is 2.